The number of hydrogen-bond acceptors (Lipinski definition) is 2. The number of carbonyl (C=O) groups is 1. The number of rotatable bonds is 3. The molecule has 0 aliphatic carbocycles. The first kappa shape index (κ1) is 18.6. The number of aliphatic carboxylic acids is 1. The molecule has 23 heavy (non-hydrogen) atoms. The minimum atomic E-state index is -2.05. The first-order valence-corrected chi connectivity index (χ1v) is 7.78. The highest BCUT2D eigenvalue weighted by atomic mass is 35.5. The van der Waals surface area contributed by atoms with Crippen molar-refractivity contribution in [2.45, 2.75) is 6.10 Å². The molecule has 9 heteroatoms. The van der Waals surface area contributed by atoms with Crippen LogP contribution >= 0.6 is 58.0 Å². The van der Waals surface area contributed by atoms with Crippen LogP contribution in [0.2, 0.25) is 25.1 Å². The molecule has 0 fully saturated rings. The van der Waals surface area contributed by atoms with E-state index in [0.29, 0.717) is 0 Å². The van der Waals surface area contributed by atoms with Gasteiger partial charge in [-0.25, -0.2) is 9.18 Å². The van der Waals surface area contributed by atoms with Gasteiger partial charge in [0.1, 0.15) is 5.82 Å². The highest BCUT2D eigenvalue weighted by molar-refractivity contribution is 6.56. The second-order valence-electron chi connectivity index (χ2n) is 4.42. The molecule has 0 saturated carbocycles. The summed E-state index contributed by atoms with van der Waals surface area (Å²) < 4.78 is 13.8. The van der Waals surface area contributed by atoms with E-state index in [2.05, 4.69) is 0 Å². The number of aliphatic hydroxyl groups is 1. The molecular formula is C14H6Cl5FO3. The van der Waals surface area contributed by atoms with Crippen LogP contribution in [0.1, 0.15) is 11.7 Å². The van der Waals surface area contributed by atoms with Crippen LogP contribution in [0, 0.1) is 5.82 Å². The summed E-state index contributed by atoms with van der Waals surface area (Å²) in [7, 11) is 0. The molecule has 122 valence electrons. The molecule has 0 saturated heterocycles. The molecule has 2 N–H and O–H groups in total. The van der Waals surface area contributed by atoms with Crippen molar-refractivity contribution in [1.82, 2.24) is 0 Å². The van der Waals surface area contributed by atoms with Crippen LogP contribution in [0.15, 0.2) is 18.2 Å². The molecule has 0 aliphatic rings. The highest BCUT2D eigenvalue weighted by Gasteiger charge is 2.24. The number of carboxylic acid groups (broad SMARTS) is 1. The fourth-order valence-corrected chi connectivity index (χ4v) is 3.26. The van der Waals surface area contributed by atoms with Gasteiger partial charge in [-0.2, -0.15) is 0 Å². The number of carboxylic acids is 1. The lowest BCUT2D eigenvalue weighted by Gasteiger charge is -2.15. The van der Waals surface area contributed by atoms with Crippen molar-refractivity contribution >= 4 is 64.0 Å². The first-order chi connectivity index (χ1) is 10.7. The smallest absolute Gasteiger partial charge is 0.337 e. The summed E-state index contributed by atoms with van der Waals surface area (Å²) in [6.45, 7) is 0. The Morgan fingerprint density at radius 2 is 1.43 bits per heavy atom. The standard InChI is InChI=1S/C14H6Cl5FO3/c15-8-7(9(16)11(18)12(19)10(8)17)4-1-2-6(20)5(3-4)13(21)14(22)23/h1-3,13,21H,(H,22,23). The molecule has 2 aromatic carbocycles. The second-order valence-corrected chi connectivity index (χ2v) is 6.31. The monoisotopic (exact) mass is 416 g/mol. The lowest BCUT2D eigenvalue weighted by Crippen LogP contribution is -2.12. The molecule has 0 radical (unpaired) electrons. The predicted octanol–water partition coefficient (Wildman–Crippen LogP) is 5.88. The van der Waals surface area contributed by atoms with Crippen molar-refractivity contribution in [3.63, 3.8) is 0 Å². The second kappa shape index (κ2) is 7.01. The Balaban J connectivity index is 2.74. The van der Waals surface area contributed by atoms with Crippen molar-refractivity contribution in [2.75, 3.05) is 0 Å². The Bertz CT molecular complexity index is 780. The maximum Gasteiger partial charge on any atom is 0.337 e. The van der Waals surface area contributed by atoms with Crippen LogP contribution in [-0.4, -0.2) is 16.2 Å². The van der Waals surface area contributed by atoms with Crippen LogP contribution in [0.5, 0.6) is 0 Å². The van der Waals surface area contributed by atoms with E-state index in [9.17, 15) is 14.3 Å². The molecule has 0 spiro atoms. The van der Waals surface area contributed by atoms with Crippen molar-refractivity contribution in [3.8, 4) is 11.1 Å². The van der Waals surface area contributed by atoms with E-state index < -0.39 is 23.5 Å². The SMILES string of the molecule is O=C(O)C(O)c1cc(-c2c(Cl)c(Cl)c(Cl)c(Cl)c2Cl)ccc1F. The normalized spacial score (nSPS) is 12.3. The zero-order valence-corrected chi connectivity index (χ0v) is 14.7. The average molecular weight is 418 g/mol. The van der Waals surface area contributed by atoms with Gasteiger partial charge in [-0.1, -0.05) is 64.1 Å². The Hall–Kier alpha value is -0.750. The van der Waals surface area contributed by atoms with Crippen LogP contribution in [0.4, 0.5) is 4.39 Å². The topological polar surface area (TPSA) is 57.5 Å². The van der Waals surface area contributed by atoms with Gasteiger partial charge in [0, 0.05) is 11.1 Å². The van der Waals surface area contributed by atoms with Crippen molar-refractivity contribution in [1.29, 1.82) is 0 Å². The highest BCUT2D eigenvalue weighted by Crippen LogP contribution is 2.48. The molecule has 0 aliphatic heterocycles. The summed E-state index contributed by atoms with van der Waals surface area (Å²) in [4.78, 5) is 10.9. The molecular weight excluding hydrogens is 412 g/mol. The molecule has 0 bridgehead atoms. The summed E-state index contributed by atoms with van der Waals surface area (Å²) >= 11 is 30.0. The van der Waals surface area contributed by atoms with Gasteiger partial charge in [0.2, 0.25) is 0 Å². The fraction of sp³-hybridized carbons (Fsp3) is 0.0714. The largest absolute Gasteiger partial charge is 0.479 e. The molecule has 2 rings (SSSR count). The van der Waals surface area contributed by atoms with Crippen LogP contribution in [0.25, 0.3) is 11.1 Å². The minimum Gasteiger partial charge on any atom is -0.479 e. The lowest BCUT2D eigenvalue weighted by molar-refractivity contribution is -0.147. The van der Waals surface area contributed by atoms with Crippen LogP contribution in [-0.2, 0) is 4.79 Å². The first-order valence-electron chi connectivity index (χ1n) is 5.89. The van der Waals surface area contributed by atoms with E-state index in [0.717, 1.165) is 12.1 Å². The van der Waals surface area contributed by atoms with E-state index in [1.54, 1.807) is 0 Å². The molecule has 0 aromatic heterocycles. The van der Waals surface area contributed by atoms with Crippen molar-refractivity contribution in [3.05, 3.63) is 54.7 Å². The predicted molar refractivity (Wildman–Crippen MR) is 89.5 cm³/mol. The molecule has 3 nitrogen and oxygen atoms in total. The molecule has 0 amide bonds. The van der Waals surface area contributed by atoms with Gasteiger partial charge in [-0.15, -0.1) is 0 Å². The van der Waals surface area contributed by atoms with Gasteiger partial charge in [0.15, 0.2) is 6.10 Å². The van der Waals surface area contributed by atoms with Crippen molar-refractivity contribution < 1.29 is 19.4 Å². The third-order valence-corrected chi connectivity index (χ3v) is 5.30. The van der Waals surface area contributed by atoms with Gasteiger partial charge in [-0.3, -0.25) is 0 Å². The van der Waals surface area contributed by atoms with E-state index in [1.165, 1.54) is 6.07 Å². The number of halogens is 6. The summed E-state index contributed by atoms with van der Waals surface area (Å²) in [5.74, 6) is -2.51. The fourth-order valence-electron chi connectivity index (χ4n) is 1.90. The third-order valence-electron chi connectivity index (χ3n) is 3.02. The Morgan fingerprint density at radius 3 is 1.91 bits per heavy atom. The molecule has 1 atom stereocenters. The van der Waals surface area contributed by atoms with Gasteiger partial charge >= 0.3 is 5.97 Å². The van der Waals surface area contributed by atoms with Gasteiger partial charge < -0.3 is 10.2 Å². The summed E-state index contributed by atoms with van der Waals surface area (Å²) in [5, 5.41) is 18.2. The average Bonchev–Trinajstić information content (AvgIpc) is 2.52. The number of aliphatic hydroxyl groups excluding tert-OH is 1. The van der Waals surface area contributed by atoms with Gasteiger partial charge in [0.25, 0.3) is 0 Å². The zero-order valence-electron chi connectivity index (χ0n) is 10.9. The minimum absolute atomic E-state index is 0.0339. The van der Waals surface area contributed by atoms with Gasteiger partial charge in [0.05, 0.1) is 25.1 Å². The van der Waals surface area contributed by atoms with Gasteiger partial charge in [-0.05, 0) is 17.7 Å². The van der Waals surface area contributed by atoms with E-state index in [4.69, 9.17) is 63.1 Å². The number of hydrogen-bond donors (Lipinski definition) is 2. The van der Waals surface area contributed by atoms with E-state index >= 15 is 0 Å². The Morgan fingerprint density at radius 1 is 0.957 bits per heavy atom. The molecule has 2 aromatic rings. The molecule has 1 unspecified atom stereocenters. The quantitative estimate of drug-likeness (QED) is 0.484. The van der Waals surface area contributed by atoms with Crippen molar-refractivity contribution in [2.24, 2.45) is 0 Å². The summed E-state index contributed by atoms with van der Waals surface area (Å²) in [5.41, 5.74) is -0.0898. The summed E-state index contributed by atoms with van der Waals surface area (Å²) in [6.07, 6.45) is -2.05. The zero-order chi connectivity index (χ0) is 17.5. The maximum atomic E-state index is 13.8. The third kappa shape index (κ3) is 3.38. The van der Waals surface area contributed by atoms with Crippen LogP contribution in [0.3, 0.4) is 0 Å². The maximum absolute atomic E-state index is 13.8. The Labute approximate surface area is 155 Å². The van der Waals surface area contributed by atoms with E-state index in [1.807, 2.05) is 0 Å². The summed E-state index contributed by atoms with van der Waals surface area (Å²) in [6, 6.07) is 3.36. The van der Waals surface area contributed by atoms with E-state index in [-0.39, 0.29) is 36.2 Å². The number of benzene rings is 2. The van der Waals surface area contributed by atoms with Crippen LogP contribution < -0.4 is 0 Å². The lowest BCUT2D eigenvalue weighted by atomic mass is 10.00. The Kier molecular flexibility index (Phi) is 5.67. The molecule has 0 heterocycles.